The molecule has 1 N–H and O–H groups in total. The third-order valence-corrected chi connectivity index (χ3v) is 5.85. The third-order valence-electron chi connectivity index (χ3n) is 3.93. The fraction of sp³-hybridized carbons (Fsp3) is 0.333. The number of hydrogen-bond donors (Lipinski definition) is 1. The van der Waals surface area contributed by atoms with Crippen molar-refractivity contribution in [2.24, 2.45) is 0 Å². The number of anilines is 2. The molecule has 0 spiro atoms. The Balaban J connectivity index is 1.71. The summed E-state index contributed by atoms with van der Waals surface area (Å²) in [5.74, 6) is 2.49. The van der Waals surface area contributed by atoms with Crippen LogP contribution >= 0.6 is 23.1 Å². The number of nitrogens with one attached hydrogen (secondary N) is 1. The molecule has 0 saturated heterocycles. The molecule has 3 rings (SSSR count). The highest BCUT2D eigenvalue weighted by molar-refractivity contribution is 7.99. The minimum atomic E-state index is 0.503. The maximum atomic E-state index is 6.12. The van der Waals surface area contributed by atoms with Crippen molar-refractivity contribution in [1.82, 2.24) is 14.9 Å². The van der Waals surface area contributed by atoms with E-state index in [1.54, 1.807) is 11.3 Å². The van der Waals surface area contributed by atoms with E-state index in [0.717, 1.165) is 45.8 Å². The van der Waals surface area contributed by atoms with Crippen LogP contribution in [0, 0.1) is 6.92 Å². The molecule has 2 heterocycles. The molecule has 0 unspecified atom stereocenters. The predicted molar refractivity (Wildman–Crippen MR) is 119 cm³/mol. The van der Waals surface area contributed by atoms with E-state index in [4.69, 9.17) is 4.74 Å². The molecular weight excluding hydrogens is 388 g/mol. The van der Waals surface area contributed by atoms with Crippen LogP contribution in [-0.2, 0) is 6.61 Å². The number of aryl methyl sites for hydroxylation is 1. The summed E-state index contributed by atoms with van der Waals surface area (Å²) in [6, 6.07) is 12.2. The average molecular weight is 415 g/mol. The van der Waals surface area contributed by atoms with Crippen molar-refractivity contribution in [3.8, 4) is 5.75 Å². The van der Waals surface area contributed by atoms with Gasteiger partial charge in [-0.1, -0.05) is 30.3 Å². The number of ether oxygens (including phenoxy) is 1. The van der Waals surface area contributed by atoms with Crippen LogP contribution in [0.2, 0.25) is 0 Å². The summed E-state index contributed by atoms with van der Waals surface area (Å²) >= 11 is 3.37. The number of benzene rings is 1. The lowest BCUT2D eigenvalue weighted by Crippen LogP contribution is -2.13. The van der Waals surface area contributed by atoms with Crippen molar-refractivity contribution in [3.63, 3.8) is 0 Å². The van der Waals surface area contributed by atoms with E-state index in [2.05, 4.69) is 52.5 Å². The van der Waals surface area contributed by atoms with E-state index < -0.39 is 0 Å². The zero-order valence-corrected chi connectivity index (χ0v) is 18.1. The highest BCUT2D eigenvalue weighted by Gasteiger charge is 2.10. The fourth-order valence-corrected chi connectivity index (χ4v) is 4.04. The number of rotatable bonds is 10. The lowest BCUT2D eigenvalue weighted by molar-refractivity contribution is 0.306. The van der Waals surface area contributed by atoms with Crippen molar-refractivity contribution < 1.29 is 4.74 Å². The second-order valence-corrected chi connectivity index (χ2v) is 8.74. The molecule has 148 valence electrons. The van der Waals surface area contributed by atoms with Crippen LogP contribution < -0.4 is 10.1 Å². The van der Waals surface area contributed by atoms with Gasteiger partial charge in [-0.3, -0.25) is 0 Å². The van der Waals surface area contributed by atoms with Gasteiger partial charge in [0.25, 0.3) is 0 Å². The first kappa shape index (κ1) is 20.6. The van der Waals surface area contributed by atoms with E-state index in [9.17, 15) is 0 Å². The van der Waals surface area contributed by atoms with Gasteiger partial charge in [0.1, 0.15) is 6.61 Å². The molecule has 0 fully saturated rings. The van der Waals surface area contributed by atoms with E-state index in [-0.39, 0.29) is 0 Å². The fourth-order valence-electron chi connectivity index (χ4n) is 2.53. The van der Waals surface area contributed by atoms with E-state index >= 15 is 0 Å². The van der Waals surface area contributed by atoms with Crippen LogP contribution in [0.3, 0.4) is 0 Å². The summed E-state index contributed by atoms with van der Waals surface area (Å²) in [6.45, 7) is 3.57. The Morgan fingerprint density at radius 3 is 2.75 bits per heavy atom. The van der Waals surface area contributed by atoms with Crippen LogP contribution in [0.4, 0.5) is 10.9 Å². The first-order valence-corrected chi connectivity index (χ1v) is 11.1. The lowest BCUT2D eigenvalue weighted by atomic mass is 10.2. The molecular formula is C21H26N4OS2. The number of hydrogen-bond acceptors (Lipinski definition) is 7. The maximum Gasteiger partial charge on any atom is 0.188 e. The Kier molecular flexibility index (Phi) is 7.71. The first-order chi connectivity index (χ1) is 13.6. The Bertz CT molecular complexity index is 868. The normalized spacial score (nSPS) is 11.0. The van der Waals surface area contributed by atoms with Gasteiger partial charge in [-0.05, 0) is 51.4 Å². The van der Waals surface area contributed by atoms with Crippen molar-refractivity contribution in [3.05, 3.63) is 59.2 Å². The maximum absolute atomic E-state index is 6.12. The monoisotopic (exact) mass is 414 g/mol. The summed E-state index contributed by atoms with van der Waals surface area (Å²) in [7, 11) is 4.20. The smallest absolute Gasteiger partial charge is 0.188 e. The van der Waals surface area contributed by atoms with Gasteiger partial charge < -0.3 is 15.0 Å². The van der Waals surface area contributed by atoms with Crippen LogP contribution in [0.25, 0.3) is 0 Å². The number of aromatic nitrogens is 2. The Morgan fingerprint density at radius 1 is 1.21 bits per heavy atom. The number of thiazole rings is 1. The molecule has 1 aromatic carbocycles. The predicted octanol–water partition coefficient (Wildman–Crippen LogP) is 5.21. The molecule has 7 heteroatoms. The molecule has 2 aromatic heterocycles. The molecule has 0 aliphatic rings. The average Bonchev–Trinajstić information content (AvgIpc) is 3.10. The van der Waals surface area contributed by atoms with Gasteiger partial charge in [0, 0.05) is 16.5 Å². The molecule has 0 amide bonds. The van der Waals surface area contributed by atoms with Gasteiger partial charge in [0.05, 0.1) is 5.69 Å². The molecule has 0 bridgehead atoms. The van der Waals surface area contributed by atoms with Gasteiger partial charge in [-0.25, -0.2) is 9.97 Å². The van der Waals surface area contributed by atoms with Gasteiger partial charge in [0.2, 0.25) is 0 Å². The highest BCUT2D eigenvalue weighted by atomic mass is 32.2. The van der Waals surface area contributed by atoms with Crippen molar-refractivity contribution >= 4 is 34.0 Å². The van der Waals surface area contributed by atoms with Crippen LogP contribution in [-0.4, -0.2) is 41.3 Å². The molecule has 0 aliphatic heterocycles. The van der Waals surface area contributed by atoms with Crippen molar-refractivity contribution in [1.29, 1.82) is 0 Å². The summed E-state index contributed by atoms with van der Waals surface area (Å²) in [5.41, 5.74) is 2.12. The van der Waals surface area contributed by atoms with Crippen LogP contribution in [0.1, 0.15) is 17.7 Å². The standard InChI is InChI=1S/C21H26N4OS2/c1-16-15-28-21(23-16)24-20-19(26-14-17-8-5-4-6-9-17)12-18(13-22-20)27-11-7-10-25(2)3/h4-6,8-9,12-13,15H,7,10-11,14H2,1-3H3,(H,22,23,24). The number of thioether (sulfide) groups is 1. The van der Waals surface area contributed by atoms with E-state index in [0.29, 0.717) is 12.4 Å². The Labute approximate surface area is 175 Å². The highest BCUT2D eigenvalue weighted by Crippen LogP contribution is 2.32. The molecule has 5 nitrogen and oxygen atoms in total. The number of nitrogens with zero attached hydrogens (tertiary/aromatic N) is 3. The van der Waals surface area contributed by atoms with Crippen LogP contribution in [0.5, 0.6) is 5.75 Å². The van der Waals surface area contributed by atoms with Crippen molar-refractivity contribution in [2.45, 2.75) is 24.8 Å². The third kappa shape index (κ3) is 6.51. The first-order valence-electron chi connectivity index (χ1n) is 9.23. The van der Waals surface area contributed by atoms with Gasteiger partial charge >= 0.3 is 0 Å². The van der Waals surface area contributed by atoms with Crippen LogP contribution in [0.15, 0.2) is 52.9 Å². The second kappa shape index (κ2) is 10.5. The Hall–Kier alpha value is -2.09. The van der Waals surface area contributed by atoms with Gasteiger partial charge in [-0.15, -0.1) is 23.1 Å². The minimum absolute atomic E-state index is 0.503. The molecule has 3 aromatic rings. The second-order valence-electron chi connectivity index (χ2n) is 6.72. The number of pyridine rings is 1. The molecule has 0 radical (unpaired) electrons. The van der Waals surface area contributed by atoms with E-state index in [1.807, 2.05) is 48.5 Å². The SMILES string of the molecule is Cc1csc(Nc2ncc(SCCCN(C)C)cc2OCc2ccccc2)n1. The van der Waals surface area contributed by atoms with E-state index in [1.165, 1.54) is 0 Å². The zero-order valence-electron chi connectivity index (χ0n) is 16.5. The summed E-state index contributed by atoms with van der Waals surface area (Å²) in [4.78, 5) is 12.4. The zero-order chi connectivity index (χ0) is 19.8. The molecule has 0 aliphatic carbocycles. The molecule has 28 heavy (non-hydrogen) atoms. The minimum Gasteiger partial charge on any atom is -0.485 e. The lowest BCUT2D eigenvalue weighted by Gasteiger charge is -2.13. The molecule has 0 saturated carbocycles. The topological polar surface area (TPSA) is 50.3 Å². The quantitative estimate of drug-likeness (QED) is 0.363. The van der Waals surface area contributed by atoms with Gasteiger partial charge in [-0.2, -0.15) is 0 Å². The summed E-state index contributed by atoms with van der Waals surface area (Å²) < 4.78 is 6.12. The largest absolute Gasteiger partial charge is 0.485 e. The summed E-state index contributed by atoms with van der Waals surface area (Å²) in [6.07, 6.45) is 3.04. The summed E-state index contributed by atoms with van der Waals surface area (Å²) in [5, 5.41) is 6.13. The molecule has 0 atom stereocenters. The van der Waals surface area contributed by atoms with Crippen molar-refractivity contribution in [2.75, 3.05) is 31.7 Å². The van der Waals surface area contributed by atoms with Gasteiger partial charge in [0.15, 0.2) is 16.7 Å². The Morgan fingerprint density at radius 2 is 2.04 bits per heavy atom.